The van der Waals surface area contributed by atoms with Gasteiger partial charge in [-0.05, 0) is 18.6 Å². The summed E-state index contributed by atoms with van der Waals surface area (Å²) in [6, 6.07) is 3.87. The van der Waals surface area contributed by atoms with Crippen LogP contribution in [0.15, 0.2) is 18.3 Å². The Morgan fingerprint density at radius 3 is 2.37 bits per heavy atom. The maximum Gasteiger partial charge on any atom is 0.102 e. The van der Waals surface area contributed by atoms with Crippen LogP contribution in [-0.4, -0.2) is 49.6 Å². The van der Waals surface area contributed by atoms with Gasteiger partial charge >= 0.3 is 0 Å². The number of methoxy groups -OCH3 is 2. The third-order valence-corrected chi connectivity index (χ3v) is 3.68. The highest BCUT2D eigenvalue weighted by Crippen LogP contribution is 2.24. The van der Waals surface area contributed by atoms with E-state index in [1.165, 1.54) is 0 Å². The van der Waals surface area contributed by atoms with Gasteiger partial charge in [0.05, 0.1) is 23.7 Å². The van der Waals surface area contributed by atoms with Crippen LogP contribution >= 0.6 is 0 Å². The van der Waals surface area contributed by atoms with Crippen LogP contribution in [0.1, 0.15) is 25.1 Å². The molecule has 0 spiro atoms. The molecular weight excluding hydrogens is 244 g/mol. The largest absolute Gasteiger partial charge is 0.387 e. The van der Waals surface area contributed by atoms with Crippen molar-refractivity contribution in [2.45, 2.75) is 31.7 Å². The number of pyridine rings is 1. The molecule has 1 fully saturated rings. The van der Waals surface area contributed by atoms with Crippen LogP contribution in [0.25, 0.3) is 0 Å². The average molecular weight is 266 g/mol. The minimum atomic E-state index is -0.480. The van der Waals surface area contributed by atoms with E-state index in [-0.39, 0.29) is 12.2 Å². The van der Waals surface area contributed by atoms with E-state index in [0.29, 0.717) is 6.42 Å². The molecule has 1 saturated heterocycles. The van der Waals surface area contributed by atoms with Gasteiger partial charge in [-0.3, -0.25) is 4.98 Å². The summed E-state index contributed by atoms with van der Waals surface area (Å²) in [6.45, 7) is 3.53. The number of aromatic nitrogens is 1. The van der Waals surface area contributed by atoms with Crippen LogP contribution in [0.2, 0.25) is 0 Å². The predicted octanol–water partition coefficient (Wildman–Crippen LogP) is 1.38. The first-order valence-corrected chi connectivity index (χ1v) is 6.64. The van der Waals surface area contributed by atoms with Crippen molar-refractivity contribution < 1.29 is 14.6 Å². The highest BCUT2D eigenvalue weighted by molar-refractivity contribution is 5.46. The fourth-order valence-electron chi connectivity index (χ4n) is 2.40. The number of aliphatic hydroxyl groups excluding tert-OH is 1. The summed E-state index contributed by atoms with van der Waals surface area (Å²) in [6.07, 6.45) is 2.18. The minimum absolute atomic E-state index is 0.0888. The molecule has 2 rings (SSSR count). The average Bonchev–Trinajstić information content (AvgIpc) is 2.89. The second-order valence-corrected chi connectivity index (χ2v) is 4.82. The summed E-state index contributed by atoms with van der Waals surface area (Å²) >= 11 is 0. The topological polar surface area (TPSA) is 54.8 Å². The maximum absolute atomic E-state index is 9.73. The van der Waals surface area contributed by atoms with Gasteiger partial charge in [0.1, 0.15) is 12.2 Å². The van der Waals surface area contributed by atoms with E-state index in [4.69, 9.17) is 9.47 Å². The van der Waals surface area contributed by atoms with Crippen molar-refractivity contribution in [3.63, 3.8) is 0 Å². The Hall–Kier alpha value is -1.17. The van der Waals surface area contributed by atoms with Gasteiger partial charge in [0, 0.05) is 27.3 Å². The lowest BCUT2D eigenvalue weighted by atomic mass is 10.2. The zero-order valence-corrected chi connectivity index (χ0v) is 11.7. The number of nitrogens with zero attached hydrogens (tertiary/aromatic N) is 2. The van der Waals surface area contributed by atoms with Crippen molar-refractivity contribution in [1.29, 1.82) is 0 Å². The number of aliphatic hydroxyl groups is 1. The van der Waals surface area contributed by atoms with E-state index in [9.17, 15) is 5.11 Å². The van der Waals surface area contributed by atoms with Crippen molar-refractivity contribution in [2.24, 2.45) is 0 Å². The highest BCUT2D eigenvalue weighted by atomic mass is 16.5. The quantitative estimate of drug-likeness (QED) is 0.872. The van der Waals surface area contributed by atoms with Crippen molar-refractivity contribution in [1.82, 2.24) is 4.98 Å². The normalized spacial score (nSPS) is 24.7. The summed E-state index contributed by atoms with van der Waals surface area (Å²) in [5.41, 5.74) is 1.76. The molecular formula is C14H22N2O3. The van der Waals surface area contributed by atoms with E-state index in [1.54, 1.807) is 20.4 Å². The second-order valence-electron chi connectivity index (χ2n) is 4.82. The molecule has 1 aliphatic rings. The lowest BCUT2D eigenvalue weighted by molar-refractivity contribution is -0.00461. The summed E-state index contributed by atoms with van der Waals surface area (Å²) in [5.74, 6) is 0. The van der Waals surface area contributed by atoms with Gasteiger partial charge in [0.25, 0.3) is 0 Å². The monoisotopic (exact) mass is 266 g/mol. The molecule has 0 bridgehead atoms. The van der Waals surface area contributed by atoms with Gasteiger partial charge < -0.3 is 19.5 Å². The summed E-state index contributed by atoms with van der Waals surface area (Å²) in [4.78, 5) is 6.51. The van der Waals surface area contributed by atoms with E-state index in [1.807, 2.05) is 19.1 Å². The van der Waals surface area contributed by atoms with Gasteiger partial charge in [0.15, 0.2) is 0 Å². The molecule has 3 atom stereocenters. The summed E-state index contributed by atoms with van der Waals surface area (Å²) in [5, 5.41) is 9.73. The second kappa shape index (κ2) is 6.32. The molecule has 0 aromatic carbocycles. The van der Waals surface area contributed by atoms with Gasteiger partial charge in [0.2, 0.25) is 0 Å². The molecule has 1 N–H and O–H groups in total. The standard InChI is InChI=1S/C14H22N2O3/c1-4-12(17)11-6-5-10(7-15-11)16-8-13(18-2)14(9-16)19-3/h5-7,12-14,17H,4,8-9H2,1-3H3. The Morgan fingerprint density at radius 1 is 1.32 bits per heavy atom. The smallest absolute Gasteiger partial charge is 0.102 e. The van der Waals surface area contributed by atoms with Crippen LogP contribution < -0.4 is 4.90 Å². The van der Waals surface area contributed by atoms with Crippen LogP contribution in [-0.2, 0) is 9.47 Å². The number of hydrogen-bond acceptors (Lipinski definition) is 5. The molecule has 1 aliphatic heterocycles. The van der Waals surface area contributed by atoms with E-state index < -0.39 is 6.10 Å². The van der Waals surface area contributed by atoms with Crippen molar-refractivity contribution in [3.8, 4) is 0 Å². The van der Waals surface area contributed by atoms with Crippen molar-refractivity contribution >= 4 is 5.69 Å². The number of rotatable bonds is 5. The molecule has 2 heterocycles. The molecule has 0 saturated carbocycles. The zero-order valence-electron chi connectivity index (χ0n) is 11.7. The number of ether oxygens (including phenoxy) is 2. The Balaban J connectivity index is 2.07. The van der Waals surface area contributed by atoms with Crippen LogP contribution in [0, 0.1) is 0 Å². The fourth-order valence-corrected chi connectivity index (χ4v) is 2.40. The third kappa shape index (κ3) is 3.05. The van der Waals surface area contributed by atoms with Gasteiger partial charge in [-0.25, -0.2) is 0 Å². The summed E-state index contributed by atoms with van der Waals surface area (Å²) in [7, 11) is 3.41. The molecule has 0 aliphatic carbocycles. The first-order valence-electron chi connectivity index (χ1n) is 6.64. The predicted molar refractivity (Wildman–Crippen MR) is 73.3 cm³/mol. The van der Waals surface area contributed by atoms with Gasteiger partial charge in [-0.2, -0.15) is 0 Å². The molecule has 0 amide bonds. The van der Waals surface area contributed by atoms with Crippen LogP contribution in [0.5, 0.6) is 0 Å². The first-order chi connectivity index (χ1) is 9.19. The Morgan fingerprint density at radius 2 is 1.95 bits per heavy atom. The van der Waals surface area contributed by atoms with Crippen molar-refractivity contribution in [3.05, 3.63) is 24.0 Å². The molecule has 5 nitrogen and oxygen atoms in total. The fraction of sp³-hybridized carbons (Fsp3) is 0.643. The Kier molecular flexibility index (Phi) is 4.74. The highest BCUT2D eigenvalue weighted by Gasteiger charge is 2.33. The zero-order chi connectivity index (χ0) is 13.8. The third-order valence-electron chi connectivity index (χ3n) is 3.68. The molecule has 19 heavy (non-hydrogen) atoms. The number of anilines is 1. The van der Waals surface area contributed by atoms with Crippen molar-refractivity contribution in [2.75, 3.05) is 32.2 Å². The Bertz CT molecular complexity index is 384. The lowest BCUT2D eigenvalue weighted by Gasteiger charge is -2.18. The molecule has 5 heteroatoms. The van der Waals surface area contributed by atoms with E-state index in [2.05, 4.69) is 9.88 Å². The number of hydrogen-bond donors (Lipinski definition) is 1. The molecule has 3 unspecified atom stereocenters. The summed E-state index contributed by atoms with van der Waals surface area (Å²) < 4.78 is 10.8. The molecule has 0 radical (unpaired) electrons. The van der Waals surface area contributed by atoms with E-state index >= 15 is 0 Å². The van der Waals surface area contributed by atoms with Crippen LogP contribution in [0.3, 0.4) is 0 Å². The SMILES string of the molecule is CCC(O)c1ccc(N2CC(OC)C(OC)C2)cn1. The molecule has 1 aromatic heterocycles. The molecule has 106 valence electrons. The Labute approximate surface area is 114 Å². The van der Waals surface area contributed by atoms with Gasteiger partial charge in [-0.1, -0.05) is 6.92 Å². The lowest BCUT2D eigenvalue weighted by Crippen LogP contribution is -2.27. The van der Waals surface area contributed by atoms with Gasteiger partial charge in [-0.15, -0.1) is 0 Å². The maximum atomic E-state index is 9.73. The minimum Gasteiger partial charge on any atom is -0.387 e. The van der Waals surface area contributed by atoms with Crippen LogP contribution in [0.4, 0.5) is 5.69 Å². The molecule has 1 aromatic rings. The van der Waals surface area contributed by atoms with E-state index in [0.717, 1.165) is 24.5 Å². The first kappa shape index (κ1) is 14.2.